The number of benzene rings is 1. The molecule has 2 atom stereocenters. The summed E-state index contributed by atoms with van der Waals surface area (Å²) in [5.74, 6) is 0.679. The van der Waals surface area contributed by atoms with E-state index < -0.39 is 11.7 Å². The molecule has 0 spiro atoms. The molecule has 2 rings (SSSR count). The van der Waals surface area contributed by atoms with Gasteiger partial charge in [0.1, 0.15) is 0 Å². The van der Waals surface area contributed by atoms with Crippen LogP contribution in [0.5, 0.6) is 0 Å². The summed E-state index contributed by atoms with van der Waals surface area (Å²) in [6, 6.07) is 5.42. The first-order chi connectivity index (χ1) is 9.45. The number of nitrogens with two attached hydrogens (primary N) is 1. The topological polar surface area (TPSA) is 29.3 Å². The van der Waals surface area contributed by atoms with Crippen molar-refractivity contribution in [1.29, 1.82) is 0 Å². The van der Waals surface area contributed by atoms with Crippen LogP contribution in [0.1, 0.15) is 36.9 Å². The van der Waals surface area contributed by atoms with Crippen molar-refractivity contribution < 1.29 is 13.2 Å². The second kappa shape index (κ2) is 6.14. The fraction of sp³-hybridized carbons (Fsp3) is 0.600. The highest BCUT2D eigenvalue weighted by Crippen LogP contribution is 2.32. The molecular formula is C15H21F3N2. The van der Waals surface area contributed by atoms with Crippen molar-refractivity contribution in [3.05, 3.63) is 35.4 Å². The second-order valence-corrected chi connectivity index (χ2v) is 5.43. The number of halogens is 3. The molecule has 1 aliphatic heterocycles. The number of likely N-dealkylation sites (tertiary alicyclic amines) is 1. The lowest BCUT2D eigenvalue weighted by Crippen LogP contribution is -2.32. The third-order valence-corrected chi connectivity index (χ3v) is 4.18. The standard InChI is InChI=1S/C15H21F3N2/c1-2-11-7-8-20(10-11)14(9-19)12-3-5-13(6-4-12)15(16,17)18/h3-6,11,14H,2,7-10,19H2,1H3. The van der Waals surface area contributed by atoms with E-state index >= 15 is 0 Å². The molecule has 20 heavy (non-hydrogen) atoms. The van der Waals surface area contributed by atoms with Gasteiger partial charge < -0.3 is 5.73 Å². The maximum atomic E-state index is 12.6. The third-order valence-electron chi connectivity index (χ3n) is 4.18. The number of nitrogens with zero attached hydrogens (tertiary/aromatic N) is 1. The summed E-state index contributed by atoms with van der Waals surface area (Å²) in [7, 11) is 0. The molecule has 0 saturated carbocycles. The van der Waals surface area contributed by atoms with Crippen LogP contribution in [0.25, 0.3) is 0 Å². The first-order valence-corrected chi connectivity index (χ1v) is 7.07. The lowest BCUT2D eigenvalue weighted by molar-refractivity contribution is -0.137. The van der Waals surface area contributed by atoms with Gasteiger partial charge in [-0.25, -0.2) is 0 Å². The third kappa shape index (κ3) is 3.33. The molecule has 2 N–H and O–H groups in total. The van der Waals surface area contributed by atoms with Crippen LogP contribution >= 0.6 is 0 Å². The van der Waals surface area contributed by atoms with E-state index in [1.54, 1.807) is 12.1 Å². The summed E-state index contributed by atoms with van der Waals surface area (Å²) in [6.07, 6.45) is -1.99. The Labute approximate surface area is 117 Å². The van der Waals surface area contributed by atoms with E-state index in [0.717, 1.165) is 43.6 Å². The van der Waals surface area contributed by atoms with Gasteiger partial charge in [0.2, 0.25) is 0 Å². The first kappa shape index (κ1) is 15.3. The number of hydrogen-bond donors (Lipinski definition) is 1. The summed E-state index contributed by atoms with van der Waals surface area (Å²) < 4.78 is 37.7. The summed E-state index contributed by atoms with van der Waals surface area (Å²) in [6.45, 7) is 4.56. The van der Waals surface area contributed by atoms with Gasteiger partial charge >= 0.3 is 6.18 Å². The summed E-state index contributed by atoms with van der Waals surface area (Å²) in [5.41, 5.74) is 6.10. The Bertz CT molecular complexity index is 428. The van der Waals surface area contributed by atoms with E-state index in [4.69, 9.17) is 5.73 Å². The highest BCUT2D eigenvalue weighted by Gasteiger charge is 2.31. The van der Waals surface area contributed by atoms with Crippen LogP contribution in [0.3, 0.4) is 0 Å². The van der Waals surface area contributed by atoms with Gasteiger partial charge in [-0.15, -0.1) is 0 Å². The molecule has 1 aromatic rings. The quantitative estimate of drug-likeness (QED) is 0.918. The van der Waals surface area contributed by atoms with Gasteiger partial charge in [-0.3, -0.25) is 4.90 Å². The molecule has 0 radical (unpaired) electrons. The zero-order valence-corrected chi connectivity index (χ0v) is 11.7. The van der Waals surface area contributed by atoms with Crippen LogP contribution in [-0.4, -0.2) is 24.5 Å². The highest BCUT2D eigenvalue weighted by molar-refractivity contribution is 5.27. The fourth-order valence-corrected chi connectivity index (χ4v) is 2.87. The van der Waals surface area contributed by atoms with E-state index in [1.807, 2.05) is 0 Å². The van der Waals surface area contributed by atoms with Crippen LogP contribution in [0.2, 0.25) is 0 Å². The molecule has 2 unspecified atom stereocenters. The molecule has 1 heterocycles. The summed E-state index contributed by atoms with van der Waals surface area (Å²) in [5, 5.41) is 0. The summed E-state index contributed by atoms with van der Waals surface area (Å²) >= 11 is 0. The molecule has 0 aromatic heterocycles. The van der Waals surface area contributed by atoms with Crippen molar-refractivity contribution in [1.82, 2.24) is 4.90 Å². The monoisotopic (exact) mass is 286 g/mol. The molecule has 112 valence electrons. The SMILES string of the molecule is CCC1CCN(C(CN)c2ccc(C(F)(F)F)cc2)C1. The van der Waals surface area contributed by atoms with E-state index in [9.17, 15) is 13.2 Å². The summed E-state index contributed by atoms with van der Waals surface area (Å²) in [4.78, 5) is 2.29. The zero-order chi connectivity index (χ0) is 14.8. The normalized spacial score (nSPS) is 22.1. The number of alkyl halides is 3. The van der Waals surface area contributed by atoms with Gasteiger partial charge in [-0.1, -0.05) is 25.5 Å². The van der Waals surface area contributed by atoms with Gasteiger partial charge in [-0.05, 0) is 36.6 Å². The highest BCUT2D eigenvalue weighted by atomic mass is 19.4. The van der Waals surface area contributed by atoms with Crippen molar-refractivity contribution in [3.63, 3.8) is 0 Å². The van der Waals surface area contributed by atoms with Gasteiger partial charge in [-0.2, -0.15) is 13.2 Å². The van der Waals surface area contributed by atoms with Crippen molar-refractivity contribution >= 4 is 0 Å². The number of hydrogen-bond acceptors (Lipinski definition) is 2. The van der Waals surface area contributed by atoms with E-state index in [0.29, 0.717) is 12.5 Å². The Morgan fingerprint density at radius 2 is 1.95 bits per heavy atom. The van der Waals surface area contributed by atoms with Crippen molar-refractivity contribution in [2.75, 3.05) is 19.6 Å². The Morgan fingerprint density at radius 3 is 2.40 bits per heavy atom. The molecule has 1 aliphatic rings. The molecule has 1 fully saturated rings. The van der Waals surface area contributed by atoms with E-state index in [2.05, 4.69) is 11.8 Å². The van der Waals surface area contributed by atoms with Gasteiger partial charge in [0.15, 0.2) is 0 Å². The van der Waals surface area contributed by atoms with Crippen LogP contribution in [-0.2, 0) is 6.18 Å². The van der Waals surface area contributed by atoms with Crippen molar-refractivity contribution in [2.24, 2.45) is 11.7 Å². The maximum Gasteiger partial charge on any atom is 0.416 e. The minimum atomic E-state index is -4.28. The van der Waals surface area contributed by atoms with Crippen LogP contribution in [0, 0.1) is 5.92 Å². The molecule has 2 nitrogen and oxygen atoms in total. The average molecular weight is 286 g/mol. The lowest BCUT2D eigenvalue weighted by Gasteiger charge is -2.27. The fourth-order valence-electron chi connectivity index (χ4n) is 2.87. The largest absolute Gasteiger partial charge is 0.416 e. The second-order valence-electron chi connectivity index (χ2n) is 5.43. The first-order valence-electron chi connectivity index (χ1n) is 7.07. The average Bonchev–Trinajstić information content (AvgIpc) is 2.88. The van der Waals surface area contributed by atoms with Gasteiger partial charge in [0.05, 0.1) is 5.56 Å². The lowest BCUT2D eigenvalue weighted by atomic mass is 10.0. The molecule has 1 aromatic carbocycles. The Balaban J connectivity index is 2.12. The molecule has 5 heteroatoms. The molecular weight excluding hydrogens is 265 g/mol. The minimum Gasteiger partial charge on any atom is -0.329 e. The maximum absolute atomic E-state index is 12.6. The molecule has 0 amide bonds. The minimum absolute atomic E-state index is 0.0221. The van der Waals surface area contributed by atoms with Crippen LogP contribution in [0.4, 0.5) is 13.2 Å². The Kier molecular flexibility index (Phi) is 4.70. The van der Waals surface area contributed by atoms with Crippen molar-refractivity contribution in [2.45, 2.75) is 32.0 Å². The van der Waals surface area contributed by atoms with Gasteiger partial charge in [0.25, 0.3) is 0 Å². The zero-order valence-electron chi connectivity index (χ0n) is 11.7. The van der Waals surface area contributed by atoms with E-state index in [-0.39, 0.29) is 6.04 Å². The van der Waals surface area contributed by atoms with Crippen LogP contribution < -0.4 is 5.73 Å². The Hall–Kier alpha value is -1.07. The predicted octanol–water partition coefficient (Wildman–Crippen LogP) is 3.44. The van der Waals surface area contributed by atoms with Gasteiger partial charge in [0, 0.05) is 19.1 Å². The molecule has 1 saturated heterocycles. The number of rotatable bonds is 4. The van der Waals surface area contributed by atoms with Crippen LogP contribution in [0.15, 0.2) is 24.3 Å². The Morgan fingerprint density at radius 1 is 1.30 bits per heavy atom. The van der Waals surface area contributed by atoms with E-state index in [1.165, 1.54) is 0 Å². The molecule has 0 aliphatic carbocycles. The predicted molar refractivity (Wildman–Crippen MR) is 73.2 cm³/mol. The van der Waals surface area contributed by atoms with Crippen molar-refractivity contribution in [3.8, 4) is 0 Å². The molecule has 0 bridgehead atoms. The smallest absolute Gasteiger partial charge is 0.329 e.